The summed E-state index contributed by atoms with van der Waals surface area (Å²) < 4.78 is 68.8. The molecule has 0 spiro atoms. The highest BCUT2D eigenvalue weighted by molar-refractivity contribution is 7.47. The molecule has 6 atom stereocenters. The van der Waals surface area contributed by atoms with Crippen LogP contribution >= 0.6 is 15.6 Å². The first-order valence-electron chi connectivity index (χ1n) is 43.5. The van der Waals surface area contributed by atoms with Gasteiger partial charge in [0.05, 0.1) is 26.4 Å². The van der Waals surface area contributed by atoms with Gasteiger partial charge >= 0.3 is 39.5 Å². The summed E-state index contributed by atoms with van der Waals surface area (Å²) in [5, 5.41) is 10.7. The lowest BCUT2D eigenvalue weighted by molar-refractivity contribution is -0.161. The zero-order chi connectivity index (χ0) is 75.6. The third-order valence-corrected chi connectivity index (χ3v) is 22.0. The van der Waals surface area contributed by atoms with Crippen LogP contribution in [0, 0.1) is 11.8 Å². The molecule has 0 aromatic heterocycles. The largest absolute Gasteiger partial charge is 0.472 e. The summed E-state index contributed by atoms with van der Waals surface area (Å²) in [6.45, 7) is 9.64. The third kappa shape index (κ3) is 76.6. The number of phosphoric ester groups is 2. The topological polar surface area (TPSA) is 237 Å². The predicted octanol–water partition coefficient (Wildman–Crippen LogP) is 25.5. The number of ether oxygens (including phenoxy) is 4. The molecule has 0 aliphatic heterocycles. The van der Waals surface area contributed by atoms with Crippen LogP contribution in [0.2, 0.25) is 0 Å². The highest BCUT2D eigenvalue weighted by Gasteiger charge is 2.30. The lowest BCUT2D eigenvalue weighted by Gasteiger charge is -2.21. The van der Waals surface area contributed by atoms with Crippen molar-refractivity contribution in [2.75, 3.05) is 39.6 Å². The van der Waals surface area contributed by atoms with E-state index in [9.17, 15) is 43.2 Å². The van der Waals surface area contributed by atoms with Gasteiger partial charge in [-0.1, -0.05) is 395 Å². The number of carbonyl (C=O) groups is 4. The highest BCUT2D eigenvalue weighted by Crippen LogP contribution is 2.45. The van der Waals surface area contributed by atoms with Crippen LogP contribution in [0.5, 0.6) is 0 Å². The maximum absolute atomic E-state index is 13.1. The van der Waals surface area contributed by atoms with E-state index < -0.39 is 97.5 Å². The molecular weight excluding hydrogens is 1340 g/mol. The van der Waals surface area contributed by atoms with Crippen molar-refractivity contribution in [1.82, 2.24) is 0 Å². The minimum absolute atomic E-state index is 0.108. The van der Waals surface area contributed by atoms with Crippen LogP contribution in [-0.4, -0.2) is 96.7 Å². The van der Waals surface area contributed by atoms with Crippen molar-refractivity contribution in [2.24, 2.45) is 11.8 Å². The number of carbonyl (C=O) groups excluding carboxylic acids is 4. The Balaban J connectivity index is 5.23. The first kappa shape index (κ1) is 101. The normalized spacial score (nSPS) is 14.1. The van der Waals surface area contributed by atoms with E-state index in [1.165, 1.54) is 257 Å². The minimum atomic E-state index is -4.96. The standard InChI is InChI=1S/C84H164O17P2/c1-7-10-12-14-16-18-20-22-24-26-27-28-29-30-32-36-41-45-49-57-63-68-83(88)100-79(72-94-81(86)66-60-54-47-43-39-37-33-34-38-42-46-52-58-64-76(4)5)74-98-102(90,91)96-70-78(85)71-97-103(92,93)99-75-80(73-95-82(87)67-61-55-51-50-53-59-65-77(6)9-3)101-84(89)69-62-56-48-44-40-35-31-25-23-21-19-17-15-13-11-8-2/h76-80,85H,7-75H2,1-6H3,(H,90,91)(H,92,93)/t77?,78-,79-,80-/m1/s1. The van der Waals surface area contributed by atoms with Crippen molar-refractivity contribution in [1.29, 1.82) is 0 Å². The molecule has 0 heterocycles. The zero-order valence-corrected chi connectivity index (χ0v) is 69.4. The molecule has 0 aliphatic carbocycles. The van der Waals surface area contributed by atoms with Crippen LogP contribution in [0.15, 0.2) is 0 Å². The van der Waals surface area contributed by atoms with E-state index in [0.717, 1.165) is 108 Å². The van der Waals surface area contributed by atoms with Crippen LogP contribution in [0.1, 0.15) is 446 Å². The Bertz CT molecular complexity index is 1980. The first-order valence-corrected chi connectivity index (χ1v) is 46.5. The number of phosphoric acid groups is 2. The Morgan fingerprint density at radius 1 is 0.282 bits per heavy atom. The molecule has 0 fully saturated rings. The van der Waals surface area contributed by atoms with Crippen molar-refractivity contribution in [3.8, 4) is 0 Å². The molecule has 0 radical (unpaired) electrons. The third-order valence-electron chi connectivity index (χ3n) is 20.1. The smallest absolute Gasteiger partial charge is 0.462 e. The van der Waals surface area contributed by atoms with Crippen molar-refractivity contribution in [3.05, 3.63) is 0 Å². The highest BCUT2D eigenvalue weighted by atomic mass is 31.2. The SMILES string of the molecule is CCCCCCCCCCCCCCCCCCCCCCCC(=O)O[C@H](COC(=O)CCCCCCCCCCCCCCCC(C)C)COP(=O)(O)OC[C@@H](O)COP(=O)(O)OC[C@@H](COC(=O)CCCCCCCCC(C)CC)OC(=O)CCCCCCCCCCCCCCCCCC. The molecule has 103 heavy (non-hydrogen) atoms. The first-order chi connectivity index (χ1) is 49.9. The van der Waals surface area contributed by atoms with Crippen LogP contribution in [0.3, 0.4) is 0 Å². The predicted molar refractivity (Wildman–Crippen MR) is 423 cm³/mol. The molecule has 19 heteroatoms. The second kappa shape index (κ2) is 75.5. The van der Waals surface area contributed by atoms with E-state index in [1.54, 1.807) is 0 Å². The molecule has 0 aromatic rings. The number of rotatable bonds is 83. The van der Waals surface area contributed by atoms with Crippen LogP contribution in [0.25, 0.3) is 0 Å². The lowest BCUT2D eigenvalue weighted by Crippen LogP contribution is -2.30. The molecule has 0 rings (SSSR count). The van der Waals surface area contributed by atoms with Gasteiger partial charge in [0.1, 0.15) is 19.3 Å². The fraction of sp³-hybridized carbons (Fsp3) is 0.952. The van der Waals surface area contributed by atoms with Gasteiger partial charge in [-0.3, -0.25) is 37.3 Å². The van der Waals surface area contributed by atoms with Crippen LogP contribution in [0.4, 0.5) is 0 Å². The summed E-state index contributed by atoms with van der Waals surface area (Å²) in [7, 11) is -9.92. The Labute approximate surface area is 632 Å². The van der Waals surface area contributed by atoms with E-state index in [4.69, 9.17) is 37.0 Å². The van der Waals surface area contributed by atoms with E-state index in [1.807, 2.05) is 0 Å². The summed E-state index contributed by atoms with van der Waals surface area (Å²) >= 11 is 0. The Morgan fingerprint density at radius 3 is 0.738 bits per heavy atom. The van der Waals surface area contributed by atoms with Crippen LogP contribution < -0.4 is 0 Å². The van der Waals surface area contributed by atoms with Gasteiger partial charge in [0, 0.05) is 25.7 Å². The summed E-state index contributed by atoms with van der Waals surface area (Å²) in [4.78, 5) is 73.1. The molecule has 0 aromatic carbocycles. The quantitative estimate of drug-likeness (QED) is 0.0222. The second-order valence-corrected chi connectivity index (χ2v) is 33.8. The minimum Gasteiger partial charge on any atom is -0.462 e. The number of esters is 4. The maximum Gasteiger partial charge on any atom is 0.472 e. The van der Waals surface area contributed by atoms with E-state index in [0.29, 0.717) is 25.7 Å². The van der Waals surface area contributed by atoms with Crippen molar-refractivity contribution >= 4 is 39.5 Å². The lowest BCUT2D eigenvalue weighted by atomic mass is 10.00. The summed E-state index contributed by atoms with van der Waals surface area (Å²) in [5.41, 5.74) is 0. The van der Waals surface area contributed by atoms with Gasteiger partial charge in [-0.2, -0.15) is 0 Å². The molecule has 0 bridgehead atoms. The van der Waals surface area contributed by atoms with E-state index >= 15 is 0 Å². The Hall–Kier alpha value is -1.94. The van der Waals surface area contributed by atoms with E-state index in [2.05, 4.69) is 41.5 Å². The number of aliphatic hydroxyl groups excluding tert-OH is 1. The van der Waals surface area contributed by atoms with Gasteiger partial charge in [0.2, 0.25) is 0 Å². The van der Waals surface area contributed by atoms with Gasteiger partial charge in [-0.15, -0.1) is 0 Å². The Morgan fingerprint density at radius 2 is 0.495 bits per heavy atom. The van der Waals surface area contributed by atoms with Crippen LogP contribution in [-0.2, 0) is 65.4 Å². The summed E-state index contributed by atoms with van der Waals surface area (Å²) in [5.74, 6) is -0.584. The van der Waals surface area contributed by atoms with Crippen molar-refractivity contribution in [2.45, 2.75) is 464 Å². The monoisotopic (exact) mass is 1510 g/mol. The average Bonchev–Trinajstić information content (AvgIpc) is 1.03. The summed E-state index contributed by atoms with van der Waals surface area (Å²) in [6, 6.07) is 0. The molecule has 3 unspecified atom stereocenters. The average molecular weight is 1510 g/mol. The van der Waals surface area contributed by atoms with Gasteiger partial charge < -0.3 is 33.8 Å². The second-order valence-electron chi connectivity index (χ2n) is 30.9. The number of hydrogen-bond acceptors (Lipinski definition) is 15. The van der Waals surface area contributed by atoms with E-state index in [-0.39, 0.29) is 25.7 Å². The maximum atomic E-state index is 13.1. The summed E-state index contributed by atoms with van der Waals surface area (Å²) in [6.07, 6.45) is 66.7. The van der Waals surface area contributed by atoms with Gasteiger partial charge in [0.15, 0.2) is 12.2 Å². The number of aliphatic hydroxyl groups is 1. The molecule has 0 saturated heterocycles. The fourth-order valence-electron chi connectivity index (χ4n) is 13.0. The molecule has 0 aliphatic rings. The van der Waals surface area contributed by atoms with Gasteiger partial charge in [0.25, 0.3) is 0 Å². The van der Waals surface area contributed by atoms with Crippen molar-refractivity contribution < 1.29 is 80.2 Å². The molecule has 0 saturated carbocycles. The molecular formula is C84H164O17P2. The number of hydrogen-bond donors (Lipinski definition) is 3. The van der Waals surface area contributed by atoms with Gasteiger partial charge in [-0.25, -0.2) is 9.13 Å². The zero-order valence-electron chi connectivity index (χ0n) is 67.6. The fourth-order valence-corrected chi connectivity index (χ4v) is 14.6. The molecule has 0 amide bonds. The van der Waals surface area contributed by atoms with Gasteiger partial charge in [-0.05, 0) is 37.5 Å². The number of unbranched alkanes of at least 4 members (excludes halogenated alkanes) is 52. The molecule has 17 nitrogen and oxygen atoms in total. The Kier molecular flexibility index (Phi) is 74.1. The molecule has 612 valence electrons. The molecule has 3 N–H and O–H groups in total. The van der Waals surface area contributed by atoms with Crippen molar-refractivity contribution in [3.63, 3.8) is 0 Å².